The van der Waals surface area contributed by atoms with E-state index in [9.17, 15) is 28.0 Å². The van der Waals surface area contributed by atoms with Crippen LogP contribution in [0.25, 0.3) is 33.6 Å². The number of nitrogens with zero attached hydrogens (tertiary/aromatic N) is 4. The smallest absolute Gasteiger partial charge is 0.407 e. The monoisotopic (exact) mass is 774 g/mol. The molecular formula is C40H48F2N8O6. The molecule has 4 heterocycles. The van der Waals surface area contributed by atoms with Crippen molar-refractivity contribution >= 4 is 24.0 Å². The maximum atomic E-state index is 14.8. The molecule has 0 bridgehead atoms. The molecule has 2 aliphatic rings. The lowest BCUT2D eigenvalue weighted by Gasteiger charge is -2.29. The molecule has 2 aromatic carbocycles. The number of likely N-dealkylation sites (tertiary alicyclic amines) is 2. The summed E-state index contributed by atoms with van der Waals surface area (Å²) in [6.45, 7) is 6.88. The fourth-order valence-electron chi connectivity index (χ4n) is 7.28. The second-order valence-electron chi connectivity index (χ2n) is 14.9. The van der Waals surface area contributed by atoms with Crippen molar-refractivity contribution < 1.29 is 37.4 Å². The van der Waals surface area contributed by atoms with E-state index < -0.39 is 55.2 Å². The van der Waals surface area contributed by atoms with Gasteiger partial charge in [-0.1, -0.05) is 76.2 Å². The van der Waals surface area contributed by atoms with Gasteiger partial charge in [0.05, 0.1) is 49.5 Å². The summed E-state index contributed by atoms with van der Waals surface area (Å²) in [5, 5.41) is 4.89. The highest BCUT2D eigenvalue weighted by Gasteiger charge is 2.50. The molecule has 2 fully saturated rings. The molecule has 0 spiro atoms. The molecule has 6 rings (SSSR count). The lowest BCUT2D eigenvalue weighted by atomic mass is 10.0. The maximum Gasteiger partial charge on any atom is 0.407 e. The summed E-state index contributed by atoms with van der Waals surface area (Å²) >= 11 is 0. The predicted octanol–water partition coefficient (Wildman–Crippen LogP) is 6.47. The average Bonchev–Trinajstić information content (AvgIpc) is 4.01. The van der Waals surface area contributed by atoms with Crippen LogP contribution in [0, 0.1) is 11.8 Å². The van der Waals surface area contributed by atoms with Crippen LogP contribution in [0.1, 0.15) is 70.7 Å². The first-order valence-corrected chi connectivity index (χ1v) is 18.7. The summed E-state index contributed by atoms with van der Waals surface area (Å²) in [5.74, 6) is -3.67. The Morgan fingerprint density at radius 1 is 0.786 bits per heavy atom. The van der Waals surface area contributed by atoms with Gasteiger partial charge >= 0.3 is 12.2 Å². The number of aromatic amines is 2. The van der Waals surface area contributed by atoms with Gasteiger partial charge in [-0.2, -0.15) is 0 Å². The van der Waals surface area contributed by atoms with E-state index in [0.717, 1.165) is 45.7 Å². The highest BCUT2D eigenvalue weighted by Crippen LogP contribution is 2.41. The van der Waals surface area contributed by atoms with Crippen molar-refractivity contribution in [1.82, 2.24) is 40.4 Å². The number of hydrogen-bond acceptors (Lipinski definition) is 8. The highest BCUT2D eigenvalue weighted by atomic mass is 19.3. The Hall–Kier alpha value is -5.80. The molecule has 56 heavy (non-hydrogen) atoms. The van der Waals surface area contributed by atoms with E-state index in [1.54, 1.807) is 31.1 Å². The van der Waals surface area contributed by atoms with Gasteiger partial charge in [-0.05, 0) is 46.9 Å². The molecule has 4 atom stereocenters. The molecule has 0 aliphatic carbocycles. The number of halogens is 2. The molecule has 2 aromatic heterocycles. The zero-order valence-corrected chi connectivity index (χ0v) is 32.3. The molecule has 4 amide bonds. The molecule has 298 valence electrons. The largest absolute Gasteiger partial charge is 0.453 e. The zero-order valence-electron chi connectivity index (χ0n) is 32.3. The first-order valence-electron chi connectivity index (χ1n) is 18.7. The van der Waals surface area contributed by atoms with E-state index in [4.69, 9.17) is 4.74 Å². The van der Waals surface area contributed by atoms with Crippen LogP contribution in [-0.4, -0.2) is 99.1 Å². The van der Waals surface area contributed by atoms with Crippen LogP contribution >= 0.6 is 0 Å². The molecular weight excluding hydrogens is 726 g/mol. The number of nitrogens with one attached hydrogen (secondary N) is 4. The Kier molecular flexibility index (Phi) is 11.8. The van der Waals surface area contributed by atoms with E-state index in [1.165, 1.54) is 14.2 Å². The van der Waals surface area contributed by atoms with Crippen LogP contribution in [0.15, 0.2) is 60.9 Å². The number of amides is 4. The first kappa shape index (κ1) is 39.9. The van der Waals surface area contributed by atoms with Crippen molar-refractivity contribution in [1.29, 1.82) is 0 Å². The van der Waals surface area contributed by atoms with Crippen LogP contribution in [0.2, 0.25) is 0 Å². The SMILES string of the molecule is CNC(=O)O[C@H](C(=O)N1CCC[C@H]1c1ncc(-c2ccc(-c3ccc(-c4cnc([C@@H]5CC(F)(F)CN5C(=O)[C@@H](NC(=O)OC)C(C)C)[nH]4)cc3)cc2)[nH]1)C(C)C. The number of carbonyl (C=O) groups excluding carboxylic acids is 4. The standard InChI is InChI=1S/C40H48F2N8O6/c1-22(2)32(48-39(54)55-6)36(51)50-21-40(41,42)18-31(50)35-45-20-29(47-35)27-15-11-25(12-16-27)24-9-13-26(14-10-24)28-19-44-34(46-28)30-8-7-17-49(30)37(52)33(23(3)4)56-38(53)43-5/h9-16,19-20,22-23,30-33H,7-8,17-18,21H2,1-6H3,(H,43,53)(H,44,46)(H,45,47)(H,48,54)/t30-,31-,32-,33-/m0/s1. The summed E-state index contributed by atoms with van der Waals surface area (Å²) in [6, 6.07) is 13.4. The summed E-state index contributed by atoms with van der Waals surface area (Å²) in [6.07, 6.45) is 1.89. The number of imidazole rings is 2. The second kappa shape index (κ2) is 16.5. The molecule has 14 nitrogen and oxygen atoms in total. The van der Waals surface area contributed by atoms with Crippen LogP contribution in [-0.2, 0) is 19.1 Å². The number of ether oxygens (including phenoxy) is 2. The predicted molar refractivity (Wildman–Crippen MR) is 203 cm³/mol. The Balaban J connectivity index is 1.13. The number of alkyl halides is 2. The molecule has 2 aliphatic heterocycles. The fourth-order valence-corrected chi connectivity index (χ4v) is 7.28. The van der Waals surface area contributed by atoms with E-state index in [1.807, 2.05) is 62.4 Å². The summed E-state index contributed by atoms with van der Waals surface area (Å²) < 4.78 is 39.6. The van der Waals surface area contributed by atoms with E-state index in [0.29, 0.717) is 18.1 Å². The van der Waals surface area contributed by atoms with Gasteiger partial charge in [0.25, 0.3) is 11.8 Å². The fraction of sp³-hybridized carbons (Fsp3) is 0.450. The molecule has 4 N–H and O–H groups in total. The number of carbonyl (C=O) groups is 4. The van der Waals surface area contributed by atoms with Gasteiger partial charge in [-0.3, -0.25) is 9.59 Å². The third-order valence-corrected chi connectivity index (χ3v) is 10.3. The Labute approximate surface area is 323 Å². The Morgan fingerprint density at radius 3 is 1.82 bits per heavy atom. The molecule has 4 aromatic rings. The van der Waals surface area contributed by atoms with Gasteiger partial charge in [0.15, 0.2) is 6.10 Å². The molecule has 0 radical (unpaired) electrons. The average molecular weight is 775 g/mol. The number of H-pyrrole nitrogens is 2. The molecule has 16 heteroatoms. The van der Waals surface area contributed by atoms with Gasteiger partial charge in [0, 0.05) is 20.0 Å². The lowest BCUT2D eigenvalue weighted by molar-refractivity contribution is -0.143. The van der Waals surface area contributed by atoms with Crippen LogP contribution in [0.4, 0.5) is 18.4 Å². The zero-order chi connectivity index (χ0) is 40.3. The number of benzene rings is 2. The van der Waals surface area contributed by atoms with E-state index in [-0.39, 0.29) is 29.6 Å². The Morgan fingerprint density at radius 2 is 1.32 bits per heavy atom. The summed E-state index contributed by atoms with van der Waals surface area (Å²) in [7, 11) is 2.63. The topological polar surface area (TPSA) is 175 Å². The molecule has 0 unspecified atom stereocenters. The van der Waals surface area contributed by atoms with Crippen molar-refractivity contribution in [3.05, 3.63) is 72.6 Å². The quantitative estimate of drug-likeness (QED) is 0.134. The highest BCUT2D eigenvalue weighted by molar-refractivity contribution is 5.87. The van der Waals surface area contributed by atoms with Gasteiger partial charge in [0.1, 0.15) is 17.7 Å². The van der Waals surface area contributed by atoms with Crippen molar-refractivity contribution in [2.24, 2.45) is 11.8 Å². The third kappa shape index (κ3) is 8.53. The molecule has 2 saturated heterocycles. The van der Waals surface area contributed by atoms with Crippen LogP contribution in [0.5, 0.6) is 0 Å². The minimum atomic E-state index is -3.13. The number of aromatic nitrogens is 4. The lowest BCUT2D eigenvalue weighted by Crippen LogP contribution is -2.51. The normalized spacial score (nSPS) is 18.9. The summed E-state index contributed by atoms with van der Waals surface area (Å²) in [4.78, 5) is 69.2. The van der Waals surface area contributed by atoms with Gasteiger partial charge in [-0.15, -0.1) is 0 Å². The second-order valence-corrected chi connectivity index (χ2v) is 14.9. The summed E-state index contributed by atoms with van der Waals surface area (Å²) in [5.41, 5.74) is 5.03. The van der Waals surface area contributed by atoms with Gasteiger partial charge in [0.2, 0.25) is 5.91 Å². The van der Waals surface area contributed by atoms with E-state index in [2.05, 4.69) is 35.3 Å². The first-order chi connectivity index (χ1) is 26.7. The van der Waals surface area contributed by atoms with Crippen LogP contribution in [0.3, 0.4) is 0 Å². The van der Waals surface area contributed by atoms with Crippen molar-refractivity contribution in [3.8, 4) is 33.6 Å². The minimum Gasteiger partial charge on any atom is -0.453 e. The number of hydrogen-bond donors (Lipinski definition) is 4. The molecule has 0 saturated carbocycles. The number of alkyl carbamates (subject to hydrolysis) is 2. The van der Waals surface area contributed by atoms with Crippen molar-refractivity contribution in [3.63, 3.8) is 0 Å². The van der Waals surface area contributed by atoms with Crippen LogP contribution < -0.4 is 10.6 Å². The number of methoxy groups -OCH3 is 1. The van der Waals surface area contributed by atoms with Gasteiger partial charge in [-0.25, -0.2) is 28.3 Å². The number of rotatable bonds is 11. The van der Waals surface area contributed by atoms with Crippen molar-refractivity contribution in [2.75, 3.05) is 27.2 Å². The minimum absolute atomic E-state index is 0.200. The Bertz CT molecular complexity index is 2030. The maximum absolute atomic E-state index is 14.8. The van der Waals surface area contributed by atoms with Crippen molar-refractivity contribution in [2.45, 2.75) is 77.1 Å². The van der Waals surface area contributed by atoms with Gasteiger partial charge < -0.3 is 39.9 Å². The van der Waals surface area contributed by atoms with E-state index >= 15 is 0 Å². The third-order valence-electron chi connectivity index (χ3n) is 10.3.